The second-order valence-corrected chi connectivity index (χ2v) is 10.8. The summed E-state index contributed by atoms with van der Waals surface area (Å²) >= 11 is 0. The van der Waals surface area contributed by atoms with Gasteiger partial charge < -0.3 is 4.74 Å². The van der Waals surface area contributed by atoms with Crippen LogP contribution in [0, 0.1) is 12.8 Å². The molecule has 9 nitrogen and oxygen atoms in total. The Kier molecular flexibility index (Phi) is 7.45. The average Bonchev–Trinajstić information content (AvgIpc) is 3.44. The highest BCUT2D eigenvalue weighted by Gasteiger charge is 2.46. The van der Waals surface area contributed by atoms with E-state index in [1.807, 2.05) is 18.2 Å². The molecule has 1 amide bonds. The molecule has 3 aromatic carbocycles. The van der Waals surface area contributed by atoms with Crippen LogP contribution in [-0.2, 0) is 15.1 Å². The highest BCUT2D eigenvalue weighted by Crippen LogP contribution is 2.44. The standard InChI is InChI=1S/C33H33N6O3/c1-22(2)30(40)36-32-35-29-28(31(41)37-32)34-21-39(29)27-20-38(19-23(3)42-27)33(24-13-7-4-8-14-24,25-15-9-5-10-16-25)26-17-11-6-12-18-26/h4-18,21-23,27H,3,19-20H2,1-2H3,(H2,35,36,37,40,41)/t23-,27+/m0/s1. The summed E-state index contributed by atoms with van der Waals surface area (Å²) in [5.74, 6) is -0.459. The number of H-pyrrole nitrogens is 1. The number of nitrogens with one attached hydrogen (secondary N) is 2. The summed E-state index contributed by atoms with van der Waals surface area (Å²) in [4.78, 5) is 39.2. The van der Waals surface area contributed by atoms with E-state index in [2.05, 4.69) is 105 Å². The lowest BCUT2D eigenvalue weighted by Gasteiger charge is -2.50. The van der Waals surface area contributed by atoms with Crippen LogP contribution in [0.15, 0.2) is 102 Å². The molecule has 9 heteroatoms. The molecule has 2 aromatic heterocycles. The van der Waals surface area contributed by atoms with Crippen molar-refractivity contribution in [2.75, 3.05) is 18.4 Å². The van der Waals surface area contributed by atoms with Crippen LogP contribution in [0.1, 0.15) is 36.8 Å². The first kappa shape index (κ1) is 27.6. The van der Waals surface area contributed by atoms with Crippen molar-refractivity contribution >= 4 is 23.0 Å². The van der Waals surface area contributed by atoms with Crippen LogP contribution in [0.3, 0.4) is 0 Å². The van der Waals surface area contributed by atoms with Gasteiger partial charge in [-0.2, -0.15) is 4.98 Å². The number of fused-ring (bicyclic) bond motifs is 1. The van der Waals surface area contributed by atoms with Crippen LogP contribution >= 0.6 is 0 Å². The minimum absolute atomic E-state index is 0.0685. The Balaban J connectivity index is 1.49. The molecule has 5 aromatic rings. The molecule has 0 spiro atoms. The van der Waals surface area contributed by atoms with Crippen molar-refractivity contribution in [2.24, 2.45) is 5.92 Å². The van der Waals surface area contributed by atoms with Crippen LogP contribution in [0.5, 0.6) is 0 Å². The van der Waals surface area contributed by atoms with Crippen molar-refractivity contribution in [2.45, 2.75) is 31.7 Å². The Hall–Kier alpha value is -4.60. The van der Waals surface area contributed by atoms with E-state index in [9.17, 15) is 9.59 Å². The molecule has 1 radical (unpaired) electrons. The van der Waals surface area contributed by atoms with Crippen LogP contribution in [0.2, 0.25) is 0 Å². The van der Waals surface area contributed by atoms with Gasteiger partial charge in [0.25, 0.3) is 5.56 Å². The summed E-state index contributed by atoms with van der Waals surface area (Å²) in [5.41, 5.74) is 2.71. The second-order valence-electron chi connectivity index (χ2n) is 10.8. The van der Waals surface area contributed by atoms with E-state index in [-0.39, 0.29) is 23.3 Å². The Bertz CT molecular complexity index is 1640. The van der Waals surface area contributed by atoms with Crippen LogP contribution < -0.4 is 10.9 Å². The van der Waals surface area contributed by atoms with Gasteiger partial charge in [0.15, 0.2) is 11.2 Å². The number of aromatic amines is 1. The summed E-state index contributed by atoms with van der Waals surface area (Å²) in [5, 5.41) is 2.69. The molecule has 0 bridgehead atoms. The summed E-state index contributed by atoms with van der Waals surface area (Å²) in [7, 11) is 0. The third kappa shape index (κ3) is 4.91. The van der Waals surface area contributed by atoms with Gasteiger partial charge in [-0.15, -0.1) is 0 Å². The Morgan fingerprint density at radius 1 is 0.952 bits per heavy atom. The quantitative estimate of drug-likeness (QED) is 0.278. The molecule has 6 rings (SSSR count). The van der Waals surface area contributed by atoms with E-state index in [1.54, 1.807) is 24.7 Å². The molecule has 2 N–H and O–H groups in total. The van der Waals surface area contributed by atoms with E-state index in [0.717, 1.165) is 16.7 Å². The number of rotatable bonds is 7. The number of aromatic nitrogens is 4. The zero-order valence-electron chi connectivity index (χ0n) is 23.6. The van der Waals surface area contributed by atoms with E-state index < -0.39 is 23.4 Å². The van der Waals surface area contributed by atoms with Gasteiger partial charge >= 0.3 is 0 Å². The molecule has 213 valence electrons. The summed E-state index contributed by atoms with van der Waals surface area (Å²) < 4.78 is 8.16. The molecule has 1 aliphatic heterocycles. The maximum absolute atomic E-state index is 12.9. The first-order valence-corrected chi connectivity index (χ1v) is 14.1. The maximum Gasteiger partial charge on any atom is 0.280 e. The van der Waals surface area contributed by atoms with Crippen molar-refractivity contribution in [1.82, 2.24) is 24.4 Å². The Labute approximate surface area is 244 Å². The Morgan fingerprint density at radius 2 is 1.50 bits per heavy atom. The predicted octanol–water partition coefficient (Wildman–Crippen LogP) is 4.74. The zero-order chi connectivity index (χ0) is 29.3. The molecule has 3 heterocycles. The molecule has 1 saturated heterocycles. The van der Waals surface area contributed by atoms with Gasteiger partial charge in [0.05, 0.1) is 18.0 Å². The van der Waals surface area contributed by atoms with Gasteiger partial charge in [-0.1, -0.05) is 105 Å². The van der Waals surface area contributed by atoms with E-state index >= 15 is 0 Å². The van der Waals surface area contributed by atoms with Crippen LogP contribution in [0.25, 0.3) is 11.2 Å². The van der Waals surface area contributed by atoms with E-state index in [1.165, 1.54) is 0 Å². The van der Waals surface area contributed by atoms with Crippen LogP contribution in [-0.4, -0.2) is 49.5 Å². The molecule has 42 heavy (non-hydrogen) atoms. The normalized spacial score (nSPS) is 17.9. The van der Waals surface area contributed by atoms with Crippen LogP contribution in [0.4, 0.5) is 5.95 Å². The monoisotopic (exact) mass is 561 g/mol. The lowest BCUT2D eigenvalue weighted by molar-refractivity contribution is -0.119. The molecule has 0 aliphatic carbocycles. The number of anilines is 1. The minimum Gasteiger partial charge on any atom is -0.352 e. The number of morpholine rings is 1. The first-order chi connectivity index (χ1) is 20.4. The van der Waals surface area contributed by atoms with Gasteiger partial charge in [0, 0.05) is 19.0 Å². The third-order valence-electron chi connectivity index (χ3n) is 7.71. The molecule has 0 unspecified atom stereocenters. The summed E-state index contributed by atoms with van der Waals surface area (Å²) in [6.07, 6.45) is 0.598. The smallest absolute Gasteiger partial charge is 0.280 e. The molecule has 1 fully saturated rings. The number of benzene rings is 3. The number of hydrogen-bond acceptors (Lipinski definition) is 6. The Morgan fingerprint density at radius 3 is 2.02 bits per heavy atom. The third-order valence-corrected chi connectivity index (χ3v) is 7.71. The maximum atomic E-state index is 12.9. The number of carbonyl (C=O) groups excluding carboxylic acids is 1. The lowest BCUT2D eigenvalue weighted by atomic mass is 9.75. The van der Waals surface area contributed by atoms with Gasteiger partial charge in [-0.25, -0.2) is 4.98 Å². The van der Waals surface area contributed by atoms with E-state index in [0.29, 0.717) is 18.7 Å². The molecular weight excluding hydrogens is 528 g/mol. The predicted molar refractivity (Wildman–Crippen MR) is 162 cm³/mol. The van der Waals surface area contributed by atoms with E-state index in [4.69, 9.17) is 4.74 Å². The average molecular weight is 562 g/mol. The fourth-order valence-electron chi connectivity index (χ4n) is 5.79. The molecule has 1 aliphatic rings. The van der Waals surface area contributed by atoms with Crippen molar-refractivity contribution in [1.29, 1.82) is 0 Å². The van der Waals surface area contributed by atoms with Gasteiger partial charge in [-0.3, -0.25) is 29.4 Å². The minimum atomic E-state index is -0.667. The number of imidazole rings is 1. The highest BCUT2D eigenvalue weighted by molar-refractivity contribution is 5.91. The number of hydrogen-bond donors (Lipinski definition) is 2. The zero-order valence-corrected chi connectivity index (χ0v) is 23.6. The summed E-state index contributed by atoms with van der Waals surface area (Å²) in [6.45, 7) is 8.87. The van der Waals surface area contributed by atoms with Crippen molar-refractivity contribution < 1.29 is 9.53 Å². The number of carbonyl (C=O) groups is 1. The lowest BCUT2D eigenvalue weighted by Crippen LogP contribution is -2.56. The fraction of sp³-hybridized carbons (Fsp3) is 0.242. The fourth-order valence-corrected chi connectivity index (χ4v) is 5.79. The SMILES string of the molecule is [CH2][C@H]1CN(C(c2ccccc2)(c2ccccc2)c2ccccc2)C[C@H](n2cnc3c(=O)[nH]c(NC(=O)C(C)C)nc32)O1. The summed E-state index contributed by atoms with van der Waals surface area (Å²) in [6, 6.07) is 31.3. The molecule has 0 saturated carbocycles. The second kappa shape index (κ2) is 11.3. The number of ether oxygens (including phenoxy) is 1. The first-order valence-electron chi connectivity index (χ1n) is 14.1. The van der Waals surface area contributed by atoms with Gasteiger partial charge in [-0.05, 0) is 23.6 Å². The van der Waals surface area contributed by atoms with Crippen molar-refractivity contribution in [3.63, 3.8) is 0 Å². The van der Waals surface area contributed by atoms with Gasteiger partial charge in [0.2, 0.25) is 11.9 Å². The largest absolute Gasteiger partial charge is 0.352 e. The van der Waals surface area contributed by atoms with Gasteiger partial charge in [0.1, 0.15) is 6.23 Å². The van der Waals surface area contributed by atoms with Crippen molar-refractivity contribution in [3.8, 4) is 0 Å². The van der Waals surface area contributed by atoms with Crippen molar-refractivity contribution in [3.05, 3.63) is 131 Å². The number of nitrogens with zero attached hydrogens (tertiary/aromatic N) is 4. The molecule has 2 atom stereocenters. The topological polar surface area (TPSA) is 105 Å². The molecular formula is C33H33N6O3. The number of amides is 1. The highest BCUT2D eigenvalue weighted by atomic mass is 16.5.